The van der Waals surface area contributed by atoms with E-state index < -0.39 is 10.0 Å². The Hall–Kier alpha value is -4.13. The summed E-state index contributed by atoms with van der Waals surface area (Å²) in [4.78, 5) is 21.6. The molecule has 5 rings (SSSR count). The van der Waals surface area contributed by atoms with Crippen LogP contribution in [-0.2, 0) is 14.8 Å². The van der Waals surface area contributed by atoms with Crippen molar-refractivity contribution in [3.8, 4) is 11.5 Å². The number of ether oxygens (including phenoxy) is 2. The molecule has 0 aliphatic carbocycles. The summed E-state index contributed by atoms with van der Waals surface area (Å²) in [6.07, 6.45) is 2.31. The average molecular weight is 599 g/mol. The number of sulfonamides is 1. The first-order valence-corrected chi connectivity index (χ1v) is 14.2. The van der Waals surface area contributed by atoms with Crippen LogP contribution in [0.4, 0.5) is 23.0 Å². The molecular formula is C28H31ClN6O5S. The van der Waals surface area contributed by atoms with Crippen molar-refractivity contribution >= 4 is 62.4 Å². The van der Waals surface area contributed by atoms with Crippen molar-refractivity contribution < 1.29 is 22.7 Å². The Kier molecular flexibility index (Phi) is 9.48. The number of nitrogens with zero attached hydrogens (tertiary/aromatic N) is 2. The summed E-state index contributed by atoms with van der Waals surface area (Å²) in [6, 6.07) is 18.5. The number of fused-ring (bicyclic) bond motifs is 1. The predicted molar refractivity (Wildman–Crippen MR) is 161 cm³/mol. The number of para-hydroxylation sites is 2. The van der Waals surface area contributed by atoms with Crippen LogP contribution < -0.4 is 30.1 Å². The minimum absolute atomic E-state index is 0. The summed E-state index contributed by atoms with van der Waals surface area (Å²) < 4.78 is 40.2. The van der Waals surface area contributed by atoms with Gasteiger partial charge in [-0.2, -0.15) is 0 Å². The highest BCUT2D eigenvalue weighted by molar-refractivity contribution is 7.92. The van der Waals surface area contributed by atoms with Gasteiger partial charge < -0.3 is 25.4 Å². The van der Waals surface area contributed by atoms with Gasteiger partial charge in [0.15, 0.2) is 11.6 Å². The quantitative estimate of drug-likeness (QED) is 0.204. The normalized spacial score (nSPS) is 14.6. The second-order valence-electron chi connectivity index (χ2n) is 9.31. The number of hydrogen-bond acceptors (Lipinski definition) is 9. The Morgan fingerprint density at radius 2 is 1.61 bits per heavy atom. The molecule has 13 heteroatoms. The van der Waals surface area contributed by atoms with Crippen molar-refractivity contribution in [2.24, 2.45) is 0 Å². The standard InChI is InChI=1S/C28H30N6O5S.ClH/c1-38-21-13-20(14-22(17-21)39-2)31-27-28(33-25-11-4-3-10-24(25)32-27)34-40(36,37)23-9-5-7-19(15-23)30-26(35)16-18-8-6-12-29-18;/h3-5,7,9-11,13-15,17-18,29H,6,8,12,16H2,1-2H3,(H,30,35)(H,31,32)(H,33,34);1H/t18-;/m1./s1. The maximum atomic E-state index is 13.5. The van der Waals surface area contributed by atoms with Gasteiger partial charge in [0.05, 0.1) is 30.1 Å². The van der Waals surface area contributed by atoms with Gasteiger partial charge in [0, 0.05) is 42.0 Å². The van der Waals surface area contributed by atoms with Gasteiger partial charge in [0.1, 0.15) is 11.5 Å². The third kappa shape index (κ3) is 7.34. The molecule has 1 atom stereocenters. The van der Waals surface area contributed by atoms with Gasteiger partial charge in [-0.05, 0) is 49.7 Å². The molecule has 0 radical (unpaired) electrons. The molecule has 3 aromatic carbocycles. The van der Waals surface area contributed by atoms with Crippen LogP contribution in [0.3, 0.4) is 0 Å². The van der Waals surface area contributed by atoms with E-state index in [0.29, 0.717) is 40.3 Å². The number of amides is 1. The first kappa shape index (κ1) is 29.8. The van der Waals surface area contributed by atoms with Gasteiger partial charge in [0.2, 0.25) is 5.91 Å². The number of methoxy groups -OCH3 is 2. The number of benzene rings is 3. The van der Waals surface area contributed by atoms with Crippen LogP contribution in [0.25, 0.3) is 11.0 Å². The molecule has 1 saturated heterocycles. The van der Waals surface area contributed by atoms with E-state index >= 15 is 0 Å². The van der Waals surface area contributed by atoms with Gasteiger partial charge in [-0.1, -0.05) is 18.2 Å². The molecule has 0 saturated carbocycles. The molecule has 4 N–H and O–H groups in total. The molecular weight excluding hydrogens is 568 g/mol. The Morgan fingerprint density at radius 3 is 2.24 bits per heavy atom. The zero-order valence-electron chi connectivity index (χ0n) is 22.5. The minimum Gasteiger partial charge on any atom is -0.497 e. The molecule has 11 nitrogen and oxygen atoms in total. The van der Waals surface area contributed by atoms with Crippen molar-refractivity contribution in [1.29, 1.82) is 0 Å². The first-order chi connectivity index (χ1) is 19.3. The largest absolute Gasteiger partial charge is 0.497 e. The summed E-state index contributed by atoms with van der Waals surface area (Å²) in [5, 5.41) is 9.22. The van der Waals surface area contributed by atoms with Crippen LogP contribution in [0.2, 0.25) is 0 Å². The van der Waals surface area contributed by atoms with E-state index in [-0.39, 0.29) is 40.9 Å². The molecule has 1 aromatic heterocycles. The molecule has 4 aromatic rings. The molecule has 216 valence electrons. The first-order valence-electron chi connectivity index (χ1n) is 12.8. The maximum absolute atomic E-state index is 13.5. The van der Waals surface area contributed by atoms with Crippen molar-refractivity contribution in [2.45, 2.75) is 30.2 Å². The number of carbonyl (C=O) groups excluding carboxylic acids is 1. The van der Waals surface area contributed by atoms with Crippen LogP contribution in [-0.4, -0.2) is 51.1 Å². The van der Waals surface area contributed by atoms with Crippen LogP contribution in [0.1, 0.15) is 19.3 Å². The molecule has 1 aliphatic heterocycles. The van der Waals surface area contributed by atoms with Crippen LogP contribution in [0.15, 0.2) is 71.6 Å². The van der Waals surface area contributed by atoms with Crippen LogP contribution in [0.5, 0.6) is 11.5 Å². The Labute approximate surface area is 244 Å². The van der Waals surface area contributed by atoms with Gasteiger partial charge in [-0.3, -0.25) is 9.52 Å². The van der Waals surface area contributed by atoms with E-state index in [1.807, 2.05) is 6.07 Å². The highest BCUT2D eigenvalue weighted by atomic mass is 35.5. The van der Waals surface area contributed by atoms with E-state index in [4.69, 9.17) is 9.47 Å². The predicted octanol–water partition coefficient (Wildman–Crippen LogP) is 4.69. The number of carbonyl (C=O) groups is 1. The van der Waals surface area contributed by atoms with Crippen molar-refractivity contribution in [1.82, 2.24) is 15.3 Å². The number of hydrogen-bond donors (Lipinski definition) is 4. The molecule has 0 bridgehead atoms. The number of nitrogens with one attached hydrogen (secondary N) is 4. The molecule has 1 aliphatic rings. The molecule has 1 fully saturated rings. The summed E-state index contributed by atoms with van der Waals surface area (Å²) >= 11 is 0. The second-order valence-corrected chi connectivity index (χ2v) is 11.0. The fraction of sp³-hybridized carbons (Fsp3) is 0.250. The zero-order chi connectivity index (χ0) is 28.1. The van der Waals surface area contributed by atoms with Crippen molar-refractivity contribution in [3.05, 3.63) is 66.7 Å². The number of anilines is 4. The lowest BCUT2D eigenvalue weighted by Crippen LogP contribution is -2.27. The number of rotatable bonds is 10. The highest BCUT2D eigenvalue weighted by Crippen LogP contribution is 2.31. The fourth-order valence-corrected chi connectivity index (χ4v) is 5.52. The lowest BCUT2D eigenvalue weighted by Gasteiger charge is -2.15. The Balaban J connectivity index is 0.00000387. The smallest absolute Gasteiger partial charge is 0.263 e. The molecule has 0 spiro atoms. The van der Waals surface area contributed by atoms with Crippen molar-refractivity contribution in [2.75, 3.05) is 36.1 Å². The van der Waals surface area contributed by atoms with Gasteiger partial charge in [-0.15, -0.1) is 12.4 Å². The number of halogens is 1. The summed E-state index contributed by atoms with van der Waals surface area (Å²) in [5.74, 6) is 1.09. The Morgan fingerprint density at radius 1 is 0.927 bits per heavy atom. The molecule has 41 heavy (non-hydrogen) atoms. The van der Waals surface area contributed by atoms with E-state index in [9.17, 15) is 13.2 Å². The monoisotopic (exact) mass is 598 g/mol. The average Bonchev–Trinajstić information content (AvgIpc) is 3.46. The van der Waals surface area contributed by atoms with Crippen LogP contribution >= 0.6 is 12.4 Å². The lowest BCUT2D eigenvalue weighted by atomic mass is 10.1. The van der Waals surface area contributed by atoms with E-state index in [1.165, 1.54) is 26.4 Å². The third-order valence-corrected chi connectivity index (χ3v) is 7.77. The number of aromatic nitrogens is 2. The van der Waals surface area contributed by atoms with Gasteiger partial charge in [0.25, 0.3) is 10.0 Å². The van der Waals surface area contributed by atoms with Gasteiger partial charge in [-0.25, -0.2) is 18.4 Å². The van der Waals surface area contributed by atoms with E-state index in [0.717, 1.165) is 19.4 Å². The Bertz CT molecular complexity index is 1620. The zero-order valence-corrected chi connectivity index (χ0v) is 24.1. The summed E-state index contributed by atoms with van der Waals surface area (Å²) in [5.41, 5.74) is 2.03. The highest BCUT2D eigenvalue weighted by Gasteiger charge is 2.21. The second kappa shape index (κ2) is 13.0. The molecule has 1 amide bonds. The lowest BCUT2D eigenvalue weighted by molar-refractivity contribution is -0.116. The maximum Gasteiger partial charge on any atom is 0.263 e. The third-order valence-electron chi connectivity index (χ3n) is 6.44. The molecule has 0 unspecified atom stereocenters. The topological polar surface area (TPSA) is 144 Å². The van der Waals surface area contributed by atoms with E-state index in [1.54, 1.807) is 48.5 Å². The SMILES string of the molecule is COc1cc(Nc2nc3ccccc3nc2NS(=O)(=O)c2cccc(NC(=O)C[C@H]3CCCN3)c2)cc(OC)c1.Cl. The summed E-state index contributed by atoms with van der Waals surface area (Å²) in [7, 11) is -1.03. The minimum atomic E-state index is -4.11. The molecule has 2 heterocycles. The fourth-order valence-electron chi connectivity index (χ4n) is 4.47. The van der Waals surface area contributed by atoms with Gasteiger partial charge >= 0.3 is 0 Å². The summed E-state index contributed by atoms with van der Waals surface area (Å²) in [6.45, 7) is 0.900. The van der Waals surface area contributed by atoms with Crippen LogP contribution in [0, 0.1) is 0 Å². The van der Waals surface area contributed by atoms with Crippen molar-refractivity contribution in [3.63, 3.8) is 0 Å². The van der Waals surface area contributed by atoms with E-state index in [2.05, 4.69) is 30.6 Å².